The number of aryl methyl sites for hydroxylation is 2. The van der Waals surface area contributed by atoms with Crippen LogP contribution in [0.2, 0.25) is 0 Å². The Bertz CT molecular complexity index is 994. The number of nitrogens with one attached hydrogen (secondary N) is 3. The number of aliphatic hydroxyl groups excluding tert-OH is 1. The Hall–Kier alpha value is -2.39. The van der Waals surface area contributed by atoms with Gasteiger partial charge in [0.1, 0.15) is 0 Å². The van der Waals surface area contributed by atoms with Gasteiger partial charge in [-0.25, -0.2) is 18.5 Å². The maximum absolute atomic E-state index is 12.7. The molecule has 4 N–H and O–H groups in total. The molecule has 0 saturated carbocycles. The van der Waals surface area contributed by atoms with Gasteiger partial charge in [-0.2, -0.15) is 5.10 Å². The highest BCUT2D eigenvalue weighted by atomic mass is 32.2. The third-order valence-electron chi connectivity index (χ3n) is 5.31. The molecule has 8 nitrogen and oxygen atoms in total. The Morgan fingerprint density at radius 3 is 2.54 bits per heavy atom. The van der Waals surface area contributed by atoms with E-state index in [1.807, 2.05) is 0 Å². The normalized spacial score (nSPS) is 18.2. The first-order valence-corrected chi connectivity index (χ1v) is 11.1. The highest BCUT2D eigenvalue weighted by molar-refractivity contribution is 7.91. The van der Waals surface area contributed by atoms with Gasteiger partial charge in [0, 0.05) is 11.9 Å². The van der Waals surface area contributed by atoms with Crippen LogP contribution in [0.25, 0.3) is 0 Å². The van der Waals surface area contributed by atoms with Crippen LogP contribution in [0, 0.1) is 4.78 Å². The summed E-state index contributed by atoms with van der Waals surface area (Å²) >= 11 is 0. The topological polar surface area (TPSA) is 120 Å². The number of hydrogen-bond acceptors (Lipinski definition) is 5. The number of carbonyl (C=O) groups excluding carboxylic acids is 1. The maximum Gasteiger partial charge on any atom is 0.332 e. The number of hydrogen-bond donors (Lipinski definition) is 4. The molecule has 2 amide bonds. The minimum Gasteiger partial charge on any atom is -0.391 e. The number of anilines is 1. The van der Waals surface area contributed by atoms with Gasteiger partial charge in [-0.15, -0.1) is 0 Å². The molecule has 0 aliphatic heterocycles. The number of urea groups is 1. The molecule has 1 unspecified atom stereocenters. The van der Waals surface area contributed by atoms with Crippen LogP contribution in [-0.4, -0.2) is 31.2 Å². The van der Waals surface area contributed by atoms with Crippen LogP contribution in [0.4, 0.5) is 10.5 Å². The lowest BCUT2D eigenvalue weighted by Gasteiger charge is -2.17. The van der Waals surface area contributed by atoms with Gasteiger partial charge in [0.15, 0.2) is 14.9 Å². The summed E-state index contributed by atoms with van der Waals surface area (Å²) in [5.41, 5.74) is 5.77. The molecule has 2 aromatic rings. The summed E-state index contributed by atoms with van der Waals surface area (Å²) in [7, 11) is -3.60. The largest absolute Gasteiger partial charge is 0.391 e. The molecule has 1 heterocycles. The van der Waals surface area contributed by atoms with Crippen LogP contribution in [0.3, 0.4) is 0 Å². The standard InChI is InChI=1S/C19H25N5O3S/c1-12(25)11-24-9-8-17(22-24)28(20,27)23-19(26)21-18-15-6-2-4-13(15)10-14-5-3-7-16(14)18/h8-10,12,25H,2-7,11H2,1H3,(H3,20,21,23,26,27)/t12-,28?/m1/s1. The zero-order valence-corrected chi connectivity index (χ0v) is 16.6. The van der Waals surface area contributed by atoms with Gasteiger partial charge in [-0.05, 0) is 73.8 Å². The Kier molecular flexibility index (Phi) is 4.88. The fourth-order valence-corrected chi connectivity index (χ4v) is 5.05. The maximum atomic E-state index is 12.7. The lowest BCUT2D eigenvalue weighted by atomic mass is 9.99. The first kappa shape index (κ1) is 18.9. The van der Waals surface area contributed by atoms with Crippen molar-refractivity contribution >= 4 is 21.6 Å². The van der Waals surface area contributed by atoms with Crippen LogP contribution >= 0.6 is 0 Å². The Balaban J connectivity index is 1.53. The average molecular weight is 404 g/mol. The molecule has 0 saturated heterocycles. The average Bonchev–Trinajstić information content (AvgIpc) is 3.32. The second kappa shape index (κ2) is 7.21. The summed E-state index contributed by atoms with van der Waals surface area (Å²) in [6.45, 7) is 1.84. The highest BCUT2D eigenvalue weighted by Gasteiger charge is 2.26. The summed E-state index contributed by atoms with van der Waals surface area (Å²) in [5, 5.41) is 16.3. The molecule has 1 aromatic heterocycles. The molecule has 1 aromatic carbocycles. The number of nitrogens with zero attached hydrogens (tertiary/aromatic N) is 2. The minimum atomic E-state index is -3.60. The SMILES string of the molecule is C[C@@H](O)Cn1ccc(S(=N)(=O)NC(=O)Nc2c3c(cc4c2CCC4)CCC3)n1. The minimum absolute atomic E-state index is 0.0354. The van der Waals surface area contributed by atoms with E-state index in [-0.39, 0.29) is 11.6 Å². The van der Waals surface area contributed by atoms with Crippen molar-refractivity contribution in [2.75, 3.05) is 5.32 Å². The molecule has 0 spiro atoms. The van der Waals surface area contributed by atoms with E-state index in [4.69, 9.17) is 4.78 Å². The number of amides is 2. The van der Waals surface area contributed by atoms with E-state index in [0.717, 1.165) is 44.2 Å². The Morgan fingerprint density at radius 2 is 1.93 bits per heavy atom. The van der Waals surface area contributed by atoms with Crippen molar-refractivity contribution in [3.05, 3.63) is 40.6 Å². The Labute approximate surface area is 164 Å². The van der Waals surface area contributed by atoms with Crippen molar-refractivity contribution in [2.24, 2.45) is 0 Å². The monoisotopic (exact) mass is 403 g/mol. The highest BCUT2D eigenvalue weighted by Crippen LogP contribution is 2.38. The summed E-state index contributed by atoms with van der Waals surface area (Å²) in [5.74, 6) is 0. The molecular weight excluding hydrogens is 378 g/mol. The number of carbonyl (C=O) groups is 1. The van der Waals surface area contributed by atoms with E-state index >= 15 is 0 Å². The van der Waals surface area contributed by atoms with E-state index in [1.165, 1.54) is 39.2 Å². The van der Waals surface area contributed by atoms with Gasteiger partial charge in [-0.1, -0.05) is 6.07 Å². The van der Waals surface area contributed by atoms with Gasteiger partial charge in [0.25, 0.3) is 0 Å². The van der Waals surface area contributed by atoms with E-state index < -0.39 is 22.1 Å². The quantitative estimate of drug-likeness (QED) is 0.612. The molecule has 0 fully saturated rings. The zero-order valence-electron chi connectivity index (χ0n) is 15.8. The van der Waals surface area contributed by atoms with Crippen molar-refractivity contribution in [1.29, 1.82) is 4.78 Å². The van der Waals surface area contributed by atoms with Crippen LogP contribution in [-0.2, 0) is 42.1 Å². The fourth-order valence-electron chi connectivity index (χ4n) is 4.16. The van der Waals surface area contributed by atoms with Crippen LogP contribution in [0.5, 0.6) is 0 Å². The first-order valence-electron chi connectivity index (χ1n) is 9.59. The van der Waals surface area contributed by atoms with Gasteiger partial charge in [-0.3, -0.25) is 4.68 Å². The molecule has 2 aliphatic rings. The molecule has 2 atom stereocenters. The van der Waals surface area contributed by atoms with Crippen LogP contribution < -0.4 is 10.0 Å². The van der Waals surface area contributed by atoms with Gasteiger partial charge in [0.2, 0.25) is 0 Å². The smallest absolute Gasteiger partial charge is 0.332 e. The number of aromatic nitrogens is 2. The van der Waals surface area contributed by atoms with Gasteiger partial charge in [0.05, 0.1) is 12.6 Å². The lowest BCUT2D eigenvalue weighted by Crippen LogP contribution is -2.34. The lowest BCUT2D eigenvalue weighted by molar-refractivity contribution is 0.168. The van der Waals surface area contributed by atoms with Gasteiger partial charge >= 0.3 is 6.03 Å². The van der Waals surface area contributed by atoms with E-state index in [2.05, 4.69) is 21.2 Å². The summed E-state index contributed by atoms with van der Waals surface area (Å²) < 4.78 is 24.5. The Morgan fingerprint density at radius 1 is 1.29 bits per heavy atom. The van der Waals surface area contributed by atoms with Crippen molar-refractivity contribution in [1.82, 2.24) is 14.5 Å². The predicted octanol–water partition coefficient (Wildman–Crippen LogP) is 2.38. The number of rotatable bonds is 5. The molecule has 28 heavy (non-hydrogen) atoms. The number of fused-ring (bicyclic) bond motifs is 2. The molecule has 0 bridgehead atoms. The summed E-state index contributed by atoms with van der Waals surface area (Å²) in [6.07, 6.45) is 6.97. The fraction of sp³-hybridized carbons (Fsp3) is 0.474. The summed E-state index contributed by atoms with van der Waals surface area (Å²) in [4.78, 5) is 12.6. The van der Waals surface area contributed by atoms with E-state index in [1.54, 1.807) is 6.92 Å². The second-order valence-electron chi connectivity index (χ2n) is 7.57. The predicted molar refractivity (Wildman–Crippen MR) is 106 cm³/mol. The van der Waals surface area contributed by atoms with Crippen molar-refractivity contribution in [2.45, 2.75) is 63.1 Å². The van der Waals surface area contributed by atoms with Crippen LogP contribution in [0.1, 0.15) is 42.0 Å². The molecule has 9 heteroatoms. The van der Waals surface area contributed by atoms with E-state index in [9.17, 15) is 14.1 Å². The van der Waals surface area contributed by atoms with Crippen molar-refractivity contribution in [3.8, 4) is 0 Å². The number of aliphatic hydroxyl groups is 1. The zero-order chi connectivity index (χ0) is 19.9. The third-order valence-corrected chi connectivity index (χ3v) is 6.59. The molecule has 0 radical (unpaired) electrons. The number of benzene rings is 1. The molecular formula is C19H25N5O3S. The van der Waals surface area contributed by atoms with Crippen LogP contribution in [0.15, 0.2) is 23.4 Å². The van der Waals surface area contributed by atoms with Crippen molar-refractivity contribution < 1.29 is 14.1 Å². The second-order valence-corrected chi connectivity index (χ2v) is 9.31. The van der Waals surface area contributed by atoms with Gasteiger partial charge < -0.3 is 10.4 Å². The first-order chi connectivity index (χ1) is 13.3. The molecule has 2 aliphatic carbocycles. The molecule has 4 rings (SSSR count). The molecule has 150 valence electrons. The van der Waals surface area contributed by atoms with Crippen molar-refractivity contribution in [3.63, 3.8) is 0 Å². The van der Waals surface area contributed by atoms with E-state index in [0.29, 0.717) is 0 Å². The summed E-state index contributed by atoms with van der Waals surface area (Å²) in [6, 6.07) is 3.05. The third kappa shape index (κ3) is 3.64.